The number of carbonyl (C=O) groups excluding carboxylic acids is 2. The highest BCUT2D eigenvalue weighted by Crippen LogP contribution is 2.27. The summed E-state index contributed by atoms with van der Waals surface area (Å²) in [4.78, 5) is 37.1. The lowest BCUT2D eigenvalue weighted by molar-refractivity contribution is -0.150. The van der Waals surface area contributed by atoms with Gasteiger partial charge in [-0.2, -0.15) is 0 Å². The molecule has 0 radical (unpaired) electrons. The Labute approximate surface area is 149 Å². The third-order valence-electron chi connectivity index (χ3n) is 4.24. The highest BCUT2D eigenvalue weighted by molar-refractivity contribution is 6.30. The predicted molar refractivity (Wildman–Crippen MR) is 90.2 cm³/mol. The van der Waals surface area contributed by atoms with Gasteiger partial charge in [-0.05, 0) is 30.2 Å². The van der Waals surface area contributed by atoms with Gasteiger partial charge in [-0.3, -0.25) is 9.59 Å². The predicted octanol–water partition coefficient (Wildman–Crippen LogP) is 2.12. The fraction of sp³-hybridized carbons (Fsp3) is 0.471. The van der Waals surface area contributed by atoms with Gasteiger partial charge in [0.2, 0.25) is 11.6 Å². The molecule has 1 aliphatic heterocycles. The number of alkyl halides is 1. The Balaban J connectivity index is 2.10. The van der Waals surface area contributed by atoms with Crippen molar-refractivity contribution in [3.05, 3.63) is 34.9 Å². The van der Waals surface area contributed by atoms with Crippen LogP contribution in [0.15, 0.2) is 24.3 Å². The lowest BCUT2D eigenvalue weighted by Gasteiger charge is -2.27. The summed E-state index contributed by atoms with van der Waals surface area (Å²) in [6.45, 7) is 2.99. The van der Waals surface area contributed by atoms with Crippen LogP contribution in [0.4, 0.5) is 4.39 Å². The topological polar surface area (TPSA) is 86.7 Å². The maximum absolute atomic E-state index is 14.2. The number of carbonyl (C=O) groups is 3. The number of rotatable bonds is 5. The summed E-state index contributed by atoms with van der Waals surface area (Å²) >= 11 is 5.79. The van der Waals surface area contributed by atoms with Crippen molar-refractivity contribution in [3.63, 3.8) is 0 Å². The molecule has 1 aromatic rings. The van der Waals surface area contributed by atoms with Crippen molar-refractivity contribution in [1.29, 1.82) is 0 Å². The molecule has 0 aliphatic carbocycles. The number of amides is 2. The molecule has 25 heavy (non-hydrogen) atoms. The summed E-state index contributed by atoms with van der Waals surface area (Å²) in [5.41, 5.74) is -2.09. The normalized spacial score (nSPS) is 21.2. The number of carboxylic acids is 1. The molecular formula is C17H20ClFN2O4. The Morgan fingerprint density at radius 1 is 1.28 bits per heavy atom. The van der Waals surface area contributed by atoms with Crippen LogP contribution >= 0.6 is 11.6 Å². The van der Waals surface area contributed by atoms with E-state index in [0.717, 1.165) is 4.90 Å². The van der Waals surface area contributed by atoms with E-state index < -0.39 is 36.0 Å². The van der Waals surface area contributed by atoms with E-state index in [4.69, 9.17) is 16.7 Å². The number of halogens is 2. The summed E-state index contributed by atoms with van der Waals surface area (Å²) in [5, 5.41) is 12.1. The molecule has 6 nitrogen and oxygen atoms in total. The second-order valence-corrected chi connectivity index (χ2v) is 6.92. The number of nitrogens with zero attached hydrogens (tertiary/aromatic N) is 1. The number of hydrogen-bond donors (Lipinski definition) is 2. The van der Waals surface area contributed by atoms with E-state index >= 15 is 0 Å². The van der Waals surface area contributed by atoms with Gasteiger partial charge in [-0.1, -0.05) is 25.4 Å². The van der Waals surface area contributed by atoms with Crippen LogP contribution in [0, 0.1) is 5.92 Å². The average molecular weight is 371 g/mol. The zero-order chi connectivity index (χ0) is 18.8. The lowest BCUT2D eigenvalue weighted by Crippen LogP contribution is -2.51. The molecule has 136 valence electrons. The van der Waals surface area contributed by atoms with Crippen molar-refractivity contribution in [2.24, 2.45) is 5.92 Å². The standard InChI is InChI=1S/C17H20ClFN2O4/c1-10(2)13(20-14(22)11-3-5-12(18)6-4-11)15(23)21-8-7-17(19,9-21)16(24)25/h3-6,10,13H,7-9H2,1-2H3,(H,20,22)(H,24,25). The van der Waals surface area contributed by atoms with Crippen molar-refractivity contribution in [1.82, 2.24) is 10.2 Å². The van der Waals surface area contributed by atoms with Crippen LogP contribution in [0.25, 0.3) is 0 Å². The Bertz CT molecular complexity index is 680. The third kappa shape index (κ3) is 4.28. The molecule has 2 atom stereocenters. The molecule has 0 aromatic heterocycles. The monoisotopic (exact) mass is 370 g/mol. The molecule has 0 spiro atoms. The minimum Gasteiger partial charge on any atom is -0.479 e. The van der Waals surface area contributed by atoms with Crippen molar-refractivity contribution in [2.75, 3.05) is 13.1 Å². The first-order valence-corrected chi connectivity index (χ1v) is 8.29. The van der Waals surface area contributed by atoms with Crippen molar-refractivity contribution >= 4 is 29.4 Å². The minimum absolute atomic E-state index is 0.00166. The lowest BCUT2D eigenvalue weighted by atomic mass is 10.0. The van der Waals surface area contributed by atoms with Gasteiger partial charge in [-0.15, -0.1) is 0 Å². The van der Waals surface area contributed by atoms with Gasteiger partial charge in [0.15, 0.2) is 0 Å². The van der Waals surface area contributed by atoms with Crippen LogP contribution < -0.4 is 5.32 Å². The first-order valence-electron chi connectivity index (χ1n) is 7.91. The van der Waals surface area contributed by atoms with Crippen LogP contribution in [0.5, 0.6) is 0 Å². The van der Waals surface area contributed by atoms with Gasteiger partial charge in [0.05, 0.1) is 6.54 Å². The van der Waals surface area contributed by atoms with Gasteiger partial charge < -0.3 is 15.3 Å². The van der Waals surface area contributed by atoms with Crippen LogP contribution in [0.2, 0.25) is 5.02 Å². The average Bonchev–Trinajstić information content (AvgIpc) is 2.96. The Morgan fingerprint density at radius 3 is 2.36 bits per heavy atom. The summed E-state index contributed by atoms with van der Waals surface area (Å²) < 4.78 is 14.2. The molecule has 1 aliphatic rings. The van der Waals surface area contributed by atoms with E-state index in [1.807, 2.05) is 0 Å². The number of hydrogen-bond acceptors (Lipinski definition) is 3. The Kier molecular flexibility index (Phi) is 5.67. The first-order chi connectivity index (χ1) is 11.6. The van der Waals surface area contributed by atoms with Gasteiger partial charge >= 0.3 is 5.97 Å². The number of likely N-dealkylation sites (tertiary alicyclic amines) is 1. The first kappa shape index (κ1) is 19.2. The van der Waals surface area contributed by atoms with E-state index in [9.17, 15) is 18.8 Å². The molecule has 2 unspecified atom stereocenters. The zero-order valence-electron chi connectivity index (χ0n) is 14.0. The molecule has 0 saturated carbocycles. The molecule has 1 aromatic carbocycles. The second-order valence-electron chi connectivity index (χ2n) is 6.48. The SMILES string of the molecule is CC(C)C(NC(=O)c1ccc(Cl)cc1)C(=O)N1CCC(F)(C(=O)O)C1. The van der Waals surface area contributed by atoms with Gasteiger partial charge in [0, 0.05) is 23.6 Å². The number of carboxylic acid groups (broad SMARTS) is 1. The fourth-order valence-electron chi connectivity index (χ4n) is 2.67. The Morgan fingerprint density at radius 2 is 1.88 bits per heavy atom. The van der Waals surface area contributed by atoms with E-state index in [-0.39, 0.29) is 18.9 Å². The van der Waals surface area contributed by atoms with E-state index in [2.05, 4.69) is 5.32 Å². The molecule has 1 fully saturated rings. The summed E-state index contributed by atoms with van der Waals surface area (Å²) in [7, 11) is 0. The molecule has 2 N–H and O–H groups in total. The number of benzene rings is 1. The van der Waals surface area contributed by atoms with Crippen LogP contribution in [-0.4, -0.2) is 52.6 Å². The summed E-state index contributed by atoms with van der Waals surface area (Å²) in [6.07, 6.45) is -0.260. The van der Waals surface area contributed by atoms with Crippen LogP contribution in [-0.2, 0) is 9.59 Å². The molecular weight excluding hydrogens is 351 g/mol. The van der Waals surface area contributed by atoms with Gasteiger partial charge in [0.1, 0.15) is 6.04 Å². The maximum Gasteiger partial charge on any atom is 0.343 e. The molecule has 2 amide bonds. The van der Waals surface area contributed by atoms with Gasteiger partial charge in [0.25, 0.3) is 5.91 Å². The largest absolute Gasteiger partial charge is 0.479 e. The minimum atomic E-state index is -2.43. The highest BCUT2D eigenvalue weighted by atomic mass is 35.5. The van der Waals surface area contributed by atoms with Crippen LogP contribution in [0.3, 0.4) is 0 Å². The fourth-order valence-corrected chi connectivity index (χ4v) is 2.80. The smallest absolute Gasteiger partial charge is 0.343 e. The van der Waals surface area contributed by atoms with E-state index in [1.165, 1.54) is 12.1 Å². The molecule has 1 heterocycles. The molecule has 1 saturated heterocycles. The second kappa shape index (κ2) is 7.39. The van der Waals surface area contributed by atoms with E-state index in [0.29, 0.717) is 10.6 Å². The van der Waals surface area contributed by atoms with Crippen molar-refractivity contribution < 1.29 is 23.9 Å². The summed E-state index contributed by atoms with van der Waals surface area (Å²) in [6, 6.07) is 5.32. The van der Waals surface area contributed by atoms with E-state index in [1.54, 1.807) is 26.0 Å². The Hall–Kier alpha value is -2.15. The van der Waals surface area contributed by atoms with Gasteiger partial charge in [-0.25, -0.2) is 9.18 Å². The zero-order valence-corrected chi connectivity index (χ0v) is 14.7. The summed E-state index contributed by atoms with van der Waals surface area (Å²) in [5.74, 6) is -2.76. The highest BCUT2D eigenvalue weighted by Gasteiger charge is 2.48. The van der Waals surface area contributed by atoms with Crippen molar-refractivity contribution in [2.45, 2.75) is 32.0 Å². The van der Waals surface area contributed by atoms with Crippen LogP contribution in [0.1, 0.15) is 30.6 Å². The number of aliphatic carboxylic acids is 1. The third-order valence-corrected chi connectivity index (χ3v) is 4.49. The molecule has 0 bridgehead atoms. The maximum atomic E-state index is 14.2. The molecule has 8 heteroatoms. The quantitative estimate of drug-likeness (QED) is 0.831. The number of nitrogens with one attached hydrogen (secondary N) is 1. The molecule has 2 rings (SSSR count). The van der Waals surface area contributed by atoms with Crippen molar-refractivity contribution in [3.8, 4) is 0 Å².